The Morgan fingerprint density at radius 3 is 2.45 bits per heavy atom. The molecule has 2 nitrogen and oxygen atoms in total. The molecule has 33 heavy (non-hydrogen) atoms. The number of fused-ring (bicyclic) bond motifs is 1. The Morgan fingerprint density at radius 2 is 1.85 bits per heavy atom. The molecule has 2 atom stereocenters. The molecule has 1 aliphatic rings. The molecule has 1 N–H and O–H groups in total. The van der Waals surface area contributed by atoms with Crippen LogP contribution in [-0.2, 0) is 11.2 Å². The normalized spacial score (nSPS) is 17.3. The maximum absolute atomic E-state index is 13.7. The fourth-order valence-electron chi connectivity index (χ4n) is 3.87. The Labute approximate surface area is 196 Å². The van der Waals surface area contributed by atoms with Gasteiger partial charge in [0.1, 0.15) is 6.42 Å². The minimum atomic E-state index is -4.60. The zero-order valence-corrected chi connectivity index (χ0v) is 18.8. The summed E-state index contributed by atoms with van der Waals surface area (Å²) in [7, 11) is 0. The first-order chi connectivity index (χ1) is 15.2. The van der Waals surface area contributed by atoms with Gasteiger partial charge in [-0.15, -0.1) is 0 Å². The predicted octanol–water partition coefficient (Wildman–Crippen LogP) is 7.72. The van der Waals surface area contributed by atoms with Crippen LogP contribution in [0.1, 0.15) is 52.6 Å². The molecule has 2 aromatic rings. The van der Waals surface area contributed by atoms with Gasteiger partial charge in [-0.05, 0) is 53.6 Å². The van der Waals surface area contributed by atoms with Crippen LogP contribution < -0.4 is 5.32 Å². The summed E-state index contributed by atoms with van der Waals surface area (Å²) in [6.45, 7) is 1.57. The topological polar surface area (TPSA) is 29.1 Å². The van der Waals surface area contributed by atoms with Crippen molar-refractivity contribution in [2.75, 3.05) is 0 Å². The molecule has 2 aromatic carbocycles. The third-order valence-corrected chi connectivity index (χ3v) is 6.26. The summed E-state index contributed by atoms with van der Waals surface area (Å²) in [5.74, 6) is -3.03. The highest BCUT2D eigenvalue weighted by Crippen LogP contribution is 2.40. The first-order valence-corrected chi connectivity index (χ1v) is 10.7. The molecule has 10 heteroatoms. The Kier molecular flexibility index (Phi) is 7.39. The van der Waals surface area contributed by atoms with Crippen LogP contribution in [0, 0.1) is 6.92 Å². The van der Waals surface area contributed by atoms with Crippen LogP contribution in [-0.4, -0.2) is 18.3 Å². The Bertz CT molecular complexity index is 1050. The van der Waals surface area contributed by atoms with Crippen LogP contribution >= 0.6 is 23.2 Å². The number of alkyl halides is 6. The summed E-state index contributed by atoms with van der Waals surface area (Å²) in [6.07, 6.45) is -7.45. The second kappa shape index (κ2) is 9.58. The van der Waals surface area contributed by atoms with E-state index in [0.29, 0.717) is 29.5 Å². The van der Waals surface area contributed by atoms with E-state index in [9.17, 15) is 31.1 Å². The van der Waals surface area contributed by atoms with Gasteiger partial charge in [0, 0.05) is 0 Å². The summed E-state index contributed by atoms with van der Waals surface area (Å²) in [5.41, 5.74) is 2.32. The van der Waals surface area contributed by atoms with E-state index in [1.54, 1.807) is 25.1 Å². The summed E-state index contributed by atoms with van der Waals surface area (Å²) >= 11 is 11.9. The summed E-state index contributed by atoms with van der Waals surface area (Å²) in [6, 6.07) is 6.83. The molecule has 178 valence electrons. The fraction of sp³-hybridized carbons (Fsp3) is 0.348. The first kappa shape index (κ1) is 25.4. The minimum absolute atomic E-state index is 0.0328. The van der Waals surface area contributed by atoms with E-state index >= 15 is 0 Å². The second-order valence-electron chi connectivity index (χ2n) is 7.92. The lowest BCUT2D eigenvalue weighted by atomic mass is 9.95. The van der Waals surface area contributed by atoms with Gasteiger partial charge in [0.05, 0.1) is 22.0 Å². The number of aryl methyl sites for hydroxylation is 2. The Morgan fingerprint density at radius 1 is 1.15 bits per heavy atom. The van der Waals surface area contributed by atoms with E-state index in [0.717, 1.165) is 11.6 Å². The van der Waals surface area contributed by atoms with Crippen molar-refractivity contribution in [3.8, 4) is 0 Å². The van der Waals surface area contributed by atoms with Gasteiger partial charge in [0.15, 0.2) is 0 Å². The number of carbonyl (C=O) groups is 1. The molecule has 0 saturated carbocycles. The van der Waals surface area contributed by atoms with E-state index < -0.39 is 36.6 Å². The van der Waals surface area contributed by atoms with Crippen molar-refractivity contribution in [3.63, 3.8) is 0 Å². The molecule has 0 heterocycles. The van der Waals surface area contributed by atoms with Crippen LogP contribution in [0.25, 0.3) is 6.08 Å². The number of halogens is 8. The second-order valence-corrected chi connectivity index (χ2v) is 8.71. The van der Waals surface area contributed by atoms with Crippen molar-refractivity contribution in [2.24, 2.45) is 0 Å². The number of benzene rings is 2. The highest BCUT2D eigenvalue weighted by molar-refractivity contribution is 6.42. The van der Waals surface area contributed by atoms with Gasteiger partial charge in [-0.3, -0.25) is 4.79 Å². The SMILES string of the molecule is Cc1cc(C(/C=C/c2ccc3c(c2)CCC3NC(=O)CC(F)(F)F)C(F)(F)F)cc(Cl)c1Cl. The third-order valence-electron chi connectivity index (χ3n) is 5.37. The molecule has 1 aliphatic carbocycles. The number of hydrogen-bond acceptors (Lipinski definition) is 1. The smallest absolute Gasteiger partial charge is 0.349 e. The number of nitrogens with one attached hydrogen (secondary N) is 1. The number of carbonyl (C=O) groups excluding carboxylic acids is 1. The standard InChI is InChI=1S/C23H19Cl2F6NO/c1-12-8-15(10-18(24)21(12)25)17(23(29,30)31)6-3-13-2-5-16-14(9-13)4-7-19(16)32-20(33)11-22(26,27)28/h2-3,5-6,8-10,17,19H,4,7,11H2,1H3,(H,32,33)/b6-3+. The van der Waals surface area contributed by atoms with E-state index in [2.05, 4.69) is 5.32 Å². The first-order valence-electron chi connectivity index (χ1n) is 9.94. The van der Waals surface area contributed by atoms with Gasteiger partial charge in [-0.1, -0.05) is 59.6 Å². The quantitative estimate of drug-likeness (QED) is 0.410. The van der Waals surface area contributed by atoms with Gasteiger partial charge >= 0.3 is 12.4 Å². The zero-order valence-electron chi connectivity index (χ0n) is 17.2. The summed E-state index contributed by atoms with van der Waals surface area (Å²) in [5, 5.41) is 2.60. The van der Waals surface area contributed by atoms with Gasteiger partial charge in [-0.25, -0.2) is 0 Å². The Balaban J connectivity index is 1.80. The van der Waals surface area contributed by atoms with Crippen molar-refractivity contribution >= 4 is 35.2 Å². The van der Waals surface area contributed by atoms with Gasteiger partial charge < -0.3 is 5.32 Å². The molecule has 0 radical (unpaired) electrons. The molecular formula is C23H19Cl2F6NO. The van der Waals surface area contributed by atoms with Crippen molar-refractivity contribution in [2.45, 2.75) is 50.5 Å². The number of rotatable bonds is 5. The molecule has 3 rings (SSSR count). The lowest BCUT2D eigenvalue weighted by Crippen LogP contribution is -2.31. The van der Waals surface area contributed by atoms with Crippen molar-refractivity contribution in [1.29, 1.82) is 0 Å². The lowest BCUT2D eigenvalue weighted by molar-refractivity contribution is -0.154. The number of allylic oxidation sites excluding steroid dienone is 1. The molecule has 2 unspecified atom stereocenters. The van der Waals surface area contributed by atoms with E-state index in [1.807, 2.05) is 0 Å². The molecule has 0 saturated heterocycles. The highest BCUT2D eigenvalue weighted by Gasteiger charge is 2.39. The average molecular weight is 510 g/mol. The summed E-state index contributed by atoms with van der Waals surface area (Å²) < 4.78 is 78.4. The van der Waals surface area contributed by atoms with Crippen molar-refractivity contribution in [1.82, 2.24) is 5.32 Å². The van der Waals surface area contributed by atoms with Crippen molar-refractivity contribution < 1.29 is 31.1 Å². The fourth-order valence-corrected chi connectivity index (χ4v) is 4.25. The van der Waals surface area contributed by atoms with Crippen molar-refractivity contribution in [3.05, 3.63) is 74.3 Å². The molecular weight excluding hydrogens is 491 g/mol. The van der Waals surface area contributed by atoms with Gasteiger partial charge in [0.25, 0.3) is 0 Å². The summed E-state index contributed by atoms with van der Waals surface area (Å²) in [4.78, 5) is 11.6. The van der Waals surface area contributed by atoms with Crippen LogP contribution in [0.2, 0.25) is 10.0 Å². The maximum Gasteiger partial charge on any atom is 0.399 e. The molecule has 0 aliphatic heterocycles. The van der Waals surface area contributed by atoms with Crippen LogP contribution in [0.5, 0.6) is 0 Å². The average Bonchev–Trinajstić information content (AvgIpc) is 3.05. The molecule has 1 amide bonds. The van der Waals surface area contributed by atoms with Gasteiger partial charge in [0.2, 0.25) is 5.91 Å². The molecule has 0 bridgehead atoms. The highest BCUT2D eigenvalue weighted by atomic mass is 35.5. The zero-order chi connectivity index (χ0) is 24.6. The van der Waals surface area contributed by atoms with E-state index in [4.69, 9.17) is 23.2 Å². The minimum Gasteiger partial charge on any atom is -0.349 e. The van der Waals surface area contributed by atoms with E-state index in [1.165, 1.54) is 18.2 Å². The number of amides is 1. The maximum atomic E-state index is 13.7. The van der Waals surface area contributed by atoms with Crippen LogP contribution in [0.15, 0.2) is 36.4 Å². The number of hydrogen-bond donors (Lipinski definition) is 1. The van der Waals surface area contributed by atoms with E-state index in [-0.39, 0.29) is 15.6 Å². The van der Waals surface area contributed by atoms with Gasteiger partial charge in [-0.2, -0.15) is 26.3 Å². The lowest BCUT2D eigenvalue weighted by Gasteiger charge is -2.19. The Hall–Kier alpha value is -2.19. The molecule has 0 fully saturated rings. The van der Waals surface area contributed by atoms with Crippen LogP contribution in [0.3, 0.4) is 0 Å². The van der Waals surface area contributed by atoms with Crippen LogP contribution in [0.4, 0.5) is 26.3 Å². The molecule has 0 aromatic heterocycles. The largest absolute Gasteiger partial charge is 0.399 e. The third kappa shape index (κ3) is 6.44. The molecule has 0 spiro atoms. The predicted molar refractivity (Wildman–Crippen MR) is 115 cm³/mol. The monoisotopic (exact) mass is 509 g/mol.